The molecule has 1 aliphatic rings. The summed E-state index contributed by atoms with van der Waals surface area (Å²) in [5.74, 6) is -2.30. The Morgan fingerprint density at radius 1 is 1.00 bits per heavy atom. The highest BCUT2D eigenvalue weighted by molar-refractivity contribution is 6.36. The summed E-state index contributed by atoms with van der Waals surface area (Å²) in [5, 5.41) is 0.551. The first-order valence-corrected chi connectivity index (χ1v) is 12.2. The molecule has 3 aromatic rings. The number of hydrogen-bond acceptors (Lipinski definition) is 6. The van der Waals surface area contributed by atoms with E-state index >= 15 is 0 Å². The Bertz CT molecular complexity index is 1390. The number of ether oxygens (including phenoxy) is 2. The van der Waals surface area contributed by atoms with Crippen LogP contribution >= 0.6 is 23.2 Å². The van der Waals surface area contributed by atoms with Gasteiger partial charge in [-0.2, -0.15) is 0 Å². The Labute approximate surface area is 223 Å². The van der Waals surface area contributed by atoms with Crippen LogP contribution in [0.1, 0.15) is 38.3 Å². The number of ketones is 1. The molecule has 190 valence electrons. The third-order valence-electron chi connectivity index (χ3n) is 6.21. The molecule has 0 N–H and O–H groups in total. The molecule has 9 heteroatoms. The lowest BCUT2D eigenvalue weighted by Crippen LogP contribution is -2.27. The zero-order valence-electron chi connectivity index (χ0n) is 20.1. The van der Waals surface area contributed by atoms with Gasteiger partial charge in [0.05, 0.1) is 16.5 Å². The van der Waals surface area contributed by atoms with Gasteiger partial charge < -0.3 is 14.4 Å². The van der Waals surface area contributed by atoms with E-state index in [2.05, 4.69) is 0 Å². The average molecular weight is 540 g/mol. The van der Waals surface area contributed by atoms with Gasteiger partial charge in [-0.1, -0.05) is 35.3 Å². The van der Waals surface area contributed by atoms with Gasteiger partial charge in [0.1, 0.15) is 5.75 Å². The molecule has 1 fully saturated rings. The van der Waals surface area contributed by atoms with Crippen LogP contribution in [0.4, 0.5) is 5.69 Å². The standard InChI is InChI=1S/C28H23Cl2NO6/c1-16-4-3-5-24(17(16)2)31-14-19(12-26(31)33)27(34)36-15-25(32)18-6-9-21(10-7-18)37-28(35)22-11-8-20(29)13-23(22)30/h3-11,13,19H,12,14-15H2,1-2H3/t19-/m1/s1. The largest absolute Gasteiger partial charge is 0.457 e. The molecule has 0 aliphatic carbocycles. The number of hydrogen-bond donors (Lipinski definition) is 0. The van der Waals surface area contributed by atoms with Crippen LogP contribution in [-0.4, -0.2) is 36.8 Å². The van der Waals surface area contributed by atoms with Crippen molar-refractivity contribution in [3.63, 3.8) is 0 Å². The molecule has 1 aliphatic heterocycles. The van der Waals surface area contributed by atoms with Crippen LogP contribution in [0, 0.1) is 19.8 Å². The van der Waals surface area contributed by atoms with Crippen molar-refractivity contribution in [2.45, 2.75) is 20.3 Å². The van der Waals surface area contributed by atoms with E-state index < -0.39 is 30.2 Å². The number of esters is 2. The van der Waals surface area contributed by atoms with Crippen molar-refractivity contribution in [1.29, 1.82) is 0 Å². The van der Waals surface area contributed by atoms with Gasteiger partial charge in [-0.3, -0.25) is 14.4 Å². The molecule has 0 radical (unpaired) electrons. The van der Waals surface area contributed by atoms with Gasteiger partial charge >= 0.3 is 11.9 Å². The van der Waals surface area contributed by atoms with Crippen LogP contribution < -0.4 is 9.64 Å². The Morgan fingerprint density at radius 2 is 1.73 bits per heavy atom. The van der Waals surface area contributed by atoms with Gasteiger partial charge in [0.25, 0.3) is 0 Å². The van der Waals surface area contributed by atoms with Crippen LogP contribution in [0.3, 0.4) is 0 Å². The van der Waals surface area contributed by atoms with Crippen LogP contribution in [0.5, 0.6) is 5.75 Å². The number of amides is 1. The molecule has 37 heavy (non-hydrogen) atoms. The zero-order chi connectivity index (χ0) is 26.7. The maximum atomic E-state index is 12.6. The van der Waals surface area contributed by atoms with Gasteiger partial charge in [0.2, 0.25) is 5.91 Å². The first-order valence-electron chi connectivity index (χ1n) is 11.5. The SMILES string of the molecule is Cc1cccc(N2C[C@H](C(=O)OCC(=O)c3ccc(OC(=O)c4ccc(Cl)cc4Cl)cc3)CC2=O)c1C. The Kier molecular flexibility index (Phi) is 7.95. The van der Waals surface area contributed by atoms with E-state index in [1.54, 1.807) is 4.90 Å². The number of rotatable bonds is 7. The molecule has 0 spiro atoms. The first-order chi connectivity index (χ1) is 17.6. The molecule has 0 aromatic heterocycles. The lowest BCUT2D eigenvalue weighted by Gasteiger charge is -2.20. The molecule has 3 aromatic carbocycles. The summed E-state index contributed by atoms with van der Waals surface area (Å²) in [5.41, 5.74) is 3.23. The highest BCUT2D eigenvalue weighted by Crippen LogP contribution is 2.30. The fraction of sp³-hybridized carbons (Fsp3) is 0.214. The minimum Gasteiger partial charge on any atom is -0.457 e. The summed E-state index contributed by atoms with van der Waals surface area (Å²) in [6, 6.07) is 15.9. The van der Waals surface area contributed by atoms with Gasteiger partial charge in [-0.25, -0.2) is 4.79 Å². The fourth-order valence-corrected chi connectivity index (χ4v) is 4.48. The van der Waals surface area contributed by atoms with Crippen LogP contribution in [0.2, 0.25) is 10.0 Å². The second-order valence-electron chi connectivity index (χ2n) is 8.69. The average Bonchev–Trinajstić information content (AvgIpc) is 3.25. The number of aryl methyl sites for hydroxylation is 1. The van der Waals surface area contributed by atoms with Crippen LogP contribution in [-0.2, 0) is 14.3 Å². The summed E-state index contributed by atoms with van der Waals surface area (Å²) < 4.78 is 10.5. The third-order valence-corrected chi connectivity index (χ3v) is 6.76. The second kappa shape index (κ2) is 11.2. The second-order valence-corrected chi connectivity index (χ2v) is 9.54. The van der Waals surface area contributed by atoms with E-state index in [4.69, 9.17) is 32.7 Å². The van der Waals surface area contributed by atoms with Gasteiger partial charge in [0.15, 0.2) is 12.4 Å². The van der Waals surface area contributed by atoms with Gasteiger partial charge in [0, 0.05) is 29.2 Å². The minimum absolute atomic E-state index is 0.0259. The number of carbonyl (C=O) groups is 4. The van der Waals surface area contributed by atoms with Gasteiger partial charge in [-0.05, 0) is 73.5 Å². The predicted molar refractivity (Wildman–Crippen MR) is 140 cm³/mol. The van der Waals surface area contributed by atoms with Crippen LogP contribution in [0.25, 0.3) is 0 Å². The number of Topliss-reactive ketones (excluding diaryl/α,β-unsaturated/α-hetero) is 1. The lowest BCUT2D eigenvalue weighted by molar-refractivity contribution is -0.147. The third kappa shape index (κ3) is 6.01. The molecule has 1 heterocycles. The Morgan fingerprint density at radius 3 is 2.43 bits per heavy atom. The molecule has 0 unspecified atom stereocenters. The molecule has 7 nitrogen and oxygen atoms in total. The van der Waals surface area contributed by atoms with Crippen molar-refractivity contribution < 1.29 is 28.7 Å². The summed E-state index contributed by atoms with van der Waals surface area (Å²) >= 11 is 11.9. The monoisotopic (exact) mass is 539 g/mol. The zero-order valence-corrected chi connectivity index (χ0v) is 21.6. The fourth-order valence-electron chi connectivity index (χ4n) is 3.99. The van der Waals surface area contributed by atoms with E-state index in [0.29, 0.717) is 5.02 Å². The Hall–Kier alpha value is -3.68. The van der Waals surface area contributed by atoms with Gasteiger partial charge in [-0.15, -0.1) is 0 Å². The van der Waals surface area contributed by atoms with E-state index in [0.717, 1.165) is 16.8 Å². The van der Waals surface area contributed by atoms with Crippen molar-refractivity contribution in [2.24, 2.45) is 5.92 Å². The molecular formula is C28H23Cl2NO6. The highest BCUT2D eigenvalue weighted by atomic mass is 35.5. The van der Waals surface area contributed by atoms with E-state index in [1.807, 2.05) is 32.0 Å². The molecule has 1 amide bonds. The quantitative estimate of drug-likeness (QED) is 0.220. The smallest absolute Gasteiger partial charge is 0.345 e. The van der Waals surface area contributed by atoms with E-state index in [-0.39, 0.29) is 40.8 Å². The van der Waals surface area contributed by atoms with Crippen molar-refractivity contribution in [2.75, 3.05) is 18.1 Å². The Balaban J connectivity index is 1.31. The minimum atomic E-state index is -0.671. The number of halogens is 2. The van der Waals surface area contributed by atoms with Crippen LogP contribution in [0.15, 0.2) is 60.7 Å². The van der Waals surface area contributed by atoms with Crippen molar-refractivity contribution in [3.8, 4) is 5.75 Å². The highest BCUT2D eigenvalue weighted by Gasteiger charge is 2.37. The summed E-state index contributed by atoms with van der Waals surface area (Å²) in [6.45, 7) is 3.63. The number of carbonyl (C=O) groups excluding carboxylic acids is 4. The first kappa shape index (κ1) is 26.4. The van der Waals surface area contributed by atoms with E-state index in [1.165, 1.54) is 42.5 Å². The molecule has 1 atom stereocenters. The topological polar surface area (TPSA) is 90.0 Å². The normalized spacial score (nSPS) is 15.0. The van der Waals surface area contributed by atoms with Crippen molar-refractivity contribution in [3.05, 3.63) is 93.0 Å². The lowest BCUT2D eigenvalue weighted by atomic mass is 10.1. The molecule has 4 rings (SSSR count). The van der Waals surface area contributed by atoms with Crippen molar-refractivity contribution >= 4 is 52.5 Å². The maximum Gasteiger partial charge on any atom is 0.345 e. The molecule has 0 bridgehead atoms. The maximum absolute atomic E-state index is 12.6. The van der Waals surface area contributed by atoms with Crippen molar-refractivity contribution in [1.82, 2.24) is 0 Å². The molecule has 1 saturated heterocycles. The van der Waals surface area contributed by atoms with E-state index in [9.17, 15) is 19.2 Å². The summed E-state index contributed by atoms with van der Waals surface area (Å²) in [4.78, 5) is 51.6. The predicted octanol–water partition coefficient (Wildman–Crippen LogP) is 5.61. The summed E-state index contributed by atoms with van der Waals surface area (Å²) in [6.07, 6.45) is 0.0259. The molecule has 0 saturated carbocycles. The number of benzene rings is 3. The molecular weight excluding hydrogens is 517 g/mol. The number of anilines is 1. The summed E-state index contributed by atoms with van der Waals surface area (Å²) in [7, 11) is 0. The number of nitrogens with zero attached hydrogens (tertiary/aromatic N) is 1.